The maximum atomic E-state index is 12.0. The molecule has 21 heavy (non-hydrogen) atoms. The number of carbonyl (C=O) groups is 2. The number of rotatable bonds is 6. The zero-order valence-electron chi connectivity index (χ0n) is 12.7. The molecule has 2 aliphatic rings. The lowest BCUT2D eigenvalue weighted by Gasteiger charge is -2.29. The Labute approximate surface area is 131 Å². The van der Waals surface area contributed by atoms with Crippen molar-refractivity contribution < 1.29 is 14.7 Å². The van der Waals surface area contributed by atoms with Gasteiger partial charge in [0.05, 0.1) is 5.92 Å². The van der Waals surface area contributed by atoms with E-state index in [-0.39, 0.29) is 11.9 Å². The second-order valence-corrected chi connectivity index (χ2v) is 7.69. The van der Waals surface area contributed by atoms with Crippen molar-refractivity contribution in [2.75, 3.05) is 5.75 Å². The summed E-state index contributed by atoms with van der Waals surface area (Å²) in [4.78, 5) is 23.2. The minimum atomic E-state index is -0.767. The Hall–Kier alpha value is -0.710. The summed E-state index contributed by atoms with van der Waals surface area (Å²) in [5.74, 6) is -0.275. The van der Waals surface area contributed by atoms with Gasteiger partial charge in [-0.25, -0.2) is 0 Å². The summed E-state index contributed by atoms with van der Waals surface area (Å²) < 4.78 is 0. The van der Waals surface area contributed by atoms with Gasteiger partial charge >= 0.3 is 5.97 Å². The largest absolute Gasteiger partial charge is 0.481 e. The maximum Gasteiger partial charge on any atom is 0.308 e. The average Bonchev–Trinajstić information content (AvgIpc) is 2.48. The zero-order chi connectivity index (χ0) is 15.1. The van der Waals surface area contributed by atoms with Crippen molar-refractivity contribution in [1.82, 2.24) is 5.32 Å². The fourth-order valence-corrected chi connectivity index (χ4v) is 4.73. The van der Waals surface area contributed by atoms with Crippen molar-refractivity contribution >= 4 is 23.6 Å². The number of aliphatic carboxylic acids is 1. The molecule has 5 heteroatoms. The first-order chi connectivity index (χ1) is 10.2. The van der Waals surface area contributed by atoms with Crippen LogP contribution in [0.2, 0.25) is 0 Å². The first-order valence-electron chi connectivity index (χ1n) is 8.30. The van der Waals surface area contributed by atoms with Crippen LogP contribution in [0.15, 0.2) is 0 Å². The Morgan fingerprint density at radius 1 is 1.00 bits per heavy atom. The summed E-state index contributed by atoms with van der Waals surface area (Å²) in [6, 6.07) is -0.163. The summed E-state index contributed by atoms with van der Waals surface area (Å²) in [5.41, 5.74) is 0. The Morgan fingerprint density at radius 2 is 1.67 bits per heavy atom. The van der Waals surface area contributed by atoms with E-state index in [1.54, 1.807) is 0 Å². The lowest BCUT2D eigenvalue weighted by atomic mass is 9.84. The molecule has 1 amide bonds. The van der Waals surface area contributed by atoms with Crippen LogP contribution in [-0.2, 0) is 9.59 Å². The predicted octanol–water partition coefficient (Wildman–Crippen LogP) is 3.20. The normalized spacial score (nSPS) is 27.2. The molecule has 4 nitrogen and oxygen atoms in total. The van der Waals surface area contributed by atoms with E-state index in [2.05, 4.69) is 5.32 Å². The Morgan fingerprint density at radius 3 is 2.38 bits per heavy atom. The quantitative estimate of drug-likeness (QED) is 0.790. The molecule has 2 saturated carbocycles. The molecule has 0 bridgehead atoms. The Balaban J connectivity index is 1.66. The Bertz CT molecular complexity index is 355. The van der Waals surface area contributed by atoms with Gasteiger partial charge < -0.3 is 10.4 Å². The molecule has 2 aliphatic carbocycles. The lowest BCUT2D eigenvalue weighted by Crippen LogP contribution is -2.45. The second-order valence-electron chi connectivity index (χ2n) is 6.28. The maximum absolute atomic E-state index is 12.0. The number of hydrogen-bond donors (Lipinski definition) is 2. The molecule has 2 unspecified atom stereocenters. The van der Waals surface area contributed by atoms with Crippen molar-refractivity contribution in [3.8, 4) is 0 Å². The van der Waals surface area contributed by atoms with Crippen molar-refractivity contribution in [2.45, 2.75) is 75.5 Å². The highest BCUT2D eigenvalue weighted by Crippen LogP contribution is 2.29. The molecule has 0 aromatic heterocycles. The van der Waals surface area contributed by atoms with E-state index in [4.69, 9.17) is 0 Å². The van der Waals surface area contributed by atoms with E-state index < -0.39 is 11.9 Å². The monoisotopic (exact) mass is 313 g/mol. The molecule has 2 N–H and O–H groups in total. The van der Waals surface area contributed by atoms with Gasteiger partial charge in [0.1, 0.15) is 0 Å². The SMILES string of the molecule is O=C(CCSC1CCCCC1)NC1CCCCC1C(=O)O. The van der Waals surface area contributed by atoms with Crippen LogP contribution >= 0.6 is 11.8 Å². The molecule has 2 rings (SSSR count). The van der Waals surface area contributed by atoms with Gasteiger partial charge in [-0.1, -0.05) is 32.1 Å². The van der Waals surface area contributed by atoms with E-state index in [9.17, 15) is 14.7 Å². The highest BCUT2D eigenvalue weighted by Gasteiger charge is 2.31. The first kappa shape index (κ1) is 16.7. The molecule has 0 radical (unpaired) electrons. The van der Waals surface area contributed by atoms with Crippen LogP contribution in [0, 0.1) is 5.92 Å². The van der Waals surface area contributed by atoms with Gasteiger partial charge in [-0.05, 0) is 25.7 Å². The van der Waals surface area contributed by atoms with Gasteiger partial charge in [0.15, 0.2) is 0 Å². The summed E-state index contributed by atoms with van der Waals surface area (Å²) in [5, 5.41) is 12.9. The predicted molar refractivity (Wildman–Crippen MR) is 85.5 cm³/mol. The van der Waals surface area contributed by atoms with Crippen LogP contribution < -0.4 is 5.32 Å². The van der Waals surface area contributed by atoms with Gasteiger partial charge in [-0.15, -0.1) is 0 Å². The molecule has 2 fully saturated rings. The Kier molecular flexibility index (Phi) is 6.87. The summed E-state index contributed by atoms with van der Waals surface area (Å²) in [6.07, 6.45) is 10.6. The van der Waals surface area contributed by atoms with Crippen LogP contribution in [0.5, 0.6) is 0 Å². The van der Waals surface area contributed by atoms with Crippen molar-refractivity contribution in [1.29, 1.82) is 0 Å². The third-order valence-corrected chi connectivity index (χ3v) is 6.05. The molecular formula is C16H27NO3S. The molecule has 0 aliphatic heterocycles. The number of thioether (sulfide) groups is 1. The van der Waals surface area contributed by atoms with Gasteiger partial charge in [0.2, 0.25) is 5.91 Å². The van der Waals surface area contributed by atoms with Crippen molar-refractivity contribution in [3.63, 3.8) is 0 Å². The molecule has 0 saturated heterocycles. The highest BCUT2D eigenvalue weighted by atomic mass is 32.2. The minimum absolute atomic E-state index is 0.0245. The number of carbonyl (C=O) groups excluding carboxylic acids is 1. The number of carboxylic acid groups (broad SMARTS) is 1. The van der Waals surface area contributed by atoms with Crippen molar-refractivity contribution in [2.24, 2.45) is 5.92 Å². The molecule has 0 heterocycles. The number of hydrogen-bond acceptors (Lipinski definition) is 3. The van der Waals surface area contributed by atoms with Crippen LogP contribution in [-0.4, -0.2) is 34.0 Å². The number of amides is 1. The van der Waals surface area contributed by atoms with E-state index in [1.807, 2.05) is 11.8 Å². The minimum Gasteiger partial charge on any atom is -0.481 e. The van der Waals surface area contributed by atoms with Gasteiger partial charge in [-0.3, -0.25) is 9.59 Å². The molecule has 0 spiro atoms. The first-order valence-corrected chi connectivity index (χ1v) is 9.35. The smallest absolute Gasteiger partial charge is 0.308 e. The van der Waals surface area contributed by atoms with Gasteiger partial charge in [-0.2, -0.15) is 11.8 Å². The summed E-state index contributed by atoms with van der Waals surface area (Å²) in [7, 11) is 0. The summed E-state index contributed by atoms with van der Waals surface area (Å²) in [6.45, 7) is 0. The van der Waals surface area contributed by atoms with Crippen LogP contribution in [0.1, 0.15) is 64.2 Å². The average molecular weight is 313 g/mol. The van der Waals surface area contributed by atoms with E-state index >= 15 is 0 Å². The number of carboxylic acids is 1. The van der Waals surface area contributed by atoms with Crippen LogP contribution in [0.3, 0.4) is 0 Å². The molecule has 0 aromatic rings. The fourth-order valence-electron chi connectivity index (χ4n) is 3.43. The zero-order valence-corrected chi connectivity index (χ0v) is 13.5. The third kappa shape index (κ3) is 5.53. The fraction of sp³-hybridized carbons (Fsp3) is 0.875. The summed E-state index contributed by atoms with van der Waals surface area (Å²) >= 11 is 1.92. The highest BCUT2D eigenvalue weighted by molar-refractivity contribution is 7.99. The van der Waals surface area contributed by atoms with E-state index in [1.165, 1.54) is 32.1 Å². The molecule has 2 atom stereocenters. The van der Waals surface area contributed by atoms with E-state index in [0.29, 0.717) is 12.8 Å². The molecular weight excluding hydrogens is 286 g/mol. The van der Waals surface area contributed by atoms with Crippen molar-refractivity contribution in [3.05, 3.63) is 0 Å². The standard InChI is InChI=1S/C16H27NO3S/c18-15(10-11-21-12-6-2-1-3-7-12)17-14-9-5-4-8-13(14)16(19)20/h12-14H,1-11H2,(H,17,18)(H,19,20). The van der Waals surface area contributed by atoms with Gasteiger partial charge in [0.25, 0.3) is 0 Å². The lowest BCUT2D eigenvalue weighted by molar-refractivity contribution is -0.144. The van der Waals surface area contributed by atoms with E-state index in [0.717, 1.165) is 30.3 Å². The topological polar surface area (TPSA) is 66.4 Å². The molecule has 0 aromatic carbocycles. The van der Waals surface area contributed by atoms with Crippen LogP contribution in [0.4, 0.5) is 0 Å². The third-order valence-electron chi connectivity index (χ3n) is 4.66. The second kappa shape index (κ2) is 8.66. The number of nitrogens with one attached hydrogen (secondary N) is 1. The van der Waals surface area contributed by atoms with Gasteiger partial charge in [0, 0.05) is 23.5 Å². The van der Waals surface area contributed by atoms with Crippen LogP contribution in [0.25, 0.3) is 0 Å². The molecule has 120 valence electrons.